The number of nitrogens with one attached hydrogen (secondary N) is 1. The van der Waals surface area contributed by atoms with E-state index < -0.39 is 64.4 Å². The lowest BCUT2D eigenvalue weighted by atomic mass is 10.0. The molecule has 17 nitrogen and oxygen atoms in total. The van der Waals surface area contributed by atoms with E-state index in [9.17, 15) is 39.3 Å². The Morgan fingerprint density at radius 2 is 1.96 bits per heavy atom. The van der Waals surface area contributed by atoms with Crippen LogP contribution < -0.4 is 20.5 Å². The van der Waals surface area contributed by atoms with Crippen molar-refractivity contribution in [3.63, 3.8) is 0 Å². The molecule has 1 saturated heterocycles. The third kappa shape index (κ3) is 6.67. The summed E-state index contributed by atoms with van der Waals surface area (Å²) in [5, 5.41) is 44.4. The number of aromatic nitrogens is 2. The molecule has 0 radical (unpaired) electrons. The molecule has 0 unspecified atom stereocenters. The van der Waals surface area contributed by atoms with Gasteiger partial charge >= 0.3 is 11.9 Å². The Kier molecular flexibility index (Phi) is 10.2. The van der Waals surface area contributed by atoms with Crippen molar-refractivity contribution in [3.8, 4) is 11.5 Å². The molecule has 1 fully saturated rings. The number of anilines is 2. The highest BCUT2D eigenvalue weighted by molar-refractivity contribution is 8.00. The number of phenols is 2. The molecule has 0 saturated carbocycles. The number of aromatic hydroxyl groups is 2. The van der Waals surface area contributed by atoms with Gasteiger partial charge in [0.15, 0.2) is 35.1 Å². The van der Waals surface area contributed by atoms with Crippen LogP contribution in [0.1, 0.15) is 35.1 Å². The second-order valence-electron chi connectivity index (χ2n) is 11.6. The molecule has 6 rings (SSSR count). The number of amides is 3. The third-order valence-corrected chi connectivity index (χ3v) is 11.2. The average Bonchev–Trinajstić information content (AvgIpc) is 3.45. The van der Waals surface area contributed by atoms with Gasteiger partial charge in [-0.05, 0) is 31.5 Å². The van der Waals surface area contributed by atoms with E-state index in [2.05, 4.69) is 15.5 Å². The maximum atomic E-state index is 13.6. The molecular weight excluding hydrogens is 765 g/mol. The molecule has 5 heterocycles. The van der Waals surface area contributed by atoms with E-state index in [0.29, 0.717) is 30.6 Å². The fourth-order valence-corrected chi connectivity index (χ4v) is 8.39. The number of halogens is 2. The molecule has 0 aliphatic carbocycles. The summed E-state index contributed by atoms with van der Waals surface area (Å²) >= 11 is 14.4. The number of benzene rings is 1. The first kappa shape index (κ1) is 36.7. The van der Waals surface area contributed by atoms with Crippen molar-refractivity contribution in [1.29, 1.82) is 0 Å². The first-order valence-corrected chi connectivity index (χ1v) is 17.9. The molecule has 3 aliphatic heterocycles. The standard InChI is InChI=1S/C31H27Cl2N7O10S2/c1-12(29(46)47)50-37-20(19-24(33)52-31(34)36-19)25(43)35-21-27(45)40-22(30(48)49)13(11-51-28(21)40)10-38-8-2-5-16-15(38)4-3-9-39(16)26(44)14-6-7-17(41)23(42)18(14)32/h2,5-8,12,21,28H,3-4,9-11H2,1H3,(H6-,34,35,36,37,41,42,43,44,46,47,48,49)/p+1/t12-,21+,28+/m0/s1. The van der Waals surface area contributed by atoms with E-state index in [0.717, 1.165) is 21.9 Å². The number of thiazole rings is 1. The summed E-state index contributed by atoms with van der Waals surface area (Å²) in [4.78, 5) is 75.9. The number of hydrogen-bond donors (Lipinski definition) is 6. The van der Waals surface area contributed by atoms with Crippen molar-refractivity contribution in [3.05, 3.63) is 68.0 Å². The van der Waals surface area contributed by atoms with Gasteiger partial charge in [0, 0.05) is 30.4 Å². The number of carboxylic acid groups (broad SMARTS) is 2. The fraction of sp³-hybridized carbons (Fsp3) is 0.290. The van der Waals surface area contributed by atoms with E-state index in [1.165, 1.54) is 35.7 Å². The van der Waals surface area contributed by atoms with Crippen LogP contribution >= 0.6 is 46.3 Å². The van der Waals surface area contributed by atoms with Crippen LogP contribution in [0, 0.1) is 0 Å². The second kappa shape index (κ2) is 14.5. The Hall–Kier alpha value is -5.11. The summed E-state index contributed by atoms with van der Waals surface area (Å²) in [6.45, 7) is 1.58. The molecule has 1 aromatic carbocycles. The summed E-state index contributed by atoms with van der Waals surface area (Å²) in [5.41, 5.74) is 6.40. The minimum atomic E-state index is -1.45. The fourth-order valence-electron chi connectivity index (χ4n) is 5.89. The number of carbonyl (C=O) groups excluding carboxylic acids is 3. The van der Waals surface area contributed by atoms with Gasteiger partial charge in [-0.15, -0.1) is 11.8 Å². The molecule has 2 aromatic heterocycles. The van der Waals surface area contributed by atoms with Crippen molar-refractivity contribution in [1.82, 2.24) is 15.2 Å². The predicted octanol–water partition coefficient (Wildman–Crippen LogP) is 1.96. The van der Waals surface area contributed by atoms with Gasteiger partial charge in [0.2, 0.25) is 11.8 Å². The Balaban J connectivity index is 1.24. The molecule has 3 amide bonds. The second-order valence-corrected chi connectivity index (χ2v) is 14.8. The maximum Gasteiger partial charge on any atom is 0.352 e. The molecule has 3 atom stereocenters. The number of carbonyl (C=O) groups is 5. The van der Waals surface area contributed by atoms with Crippen molar-refractivity contribution in [2.45, 2.75) is 43.8 Å². The number of rotatable bonds is 10. The van der Waals surface area contributed by atoms with Crippen LogP contribution in [0.3, 0.4) is 0 Å². The van der Waals surface area contributed by atoms with Crippen molar-refractivity contribution >= 4 is 92.5 Å². The van der Waals surface area contributed by atoms with E-state index in [4.69, 9.17) is 38.9 Å². The van der Waals surface area contributed by atoms with Crippen molar-refractivity contribution in [2.24, 2.45) is 5.16 Å². The van der Waals surface area contributed by atoms with Crippen LogP contribution in [0.25, 0.3) is 0 Å². The highest BCUT2D eigenvalue weighted by atomic mass is 35.5. The van der Waals surface area contributed by atoms with Gasteiger partial charge in [0.25, 0.3) is 17.7 Å². The van der Waals surface area contributed by atoms with E-state index in [1.54, 1.807) is 22.9 Å². The zero-order chi connectivity index (χ0) is 37.6. The first-order chi connectivity index (χ1) is 24.7. The summed E-state index contributed by atoms with van der Waals surface area (Å²) in [5.74, 6) is -5.83. The topological polar surface area (TPSA) is 249 Å². The number of fused-ring (bicyclic) bond motifs is 2. The number of phenolic OH excluding ortho intramolecular Hbond substituents is 2. The van der Waals surface area contributed by atoms with Gasteiger partial charge in [-0.1, -0.05) is 39.7 Å². The molecule has 272 valence electrons. The zero-order valence-corrected chi connectivity index (χ0v) is 29.9. The number of nitrogens with two attached hydrogens (primary N) is 1. The lowest BCUT2D eigenvalue weighted by Gasteiger charge is -2.49. The number of β-lactam (4-membered cyclic amide) rings is 1. The zero-order valence-electron chi connectivity index (χ0n) is 26.8. The Morgan fingerprint density at radius 1 is 1.21 bits per heavy atom. The maximum absolute atomic E-state index is 13.6. The number of aliphatic carboxylic acids is 2. The van der Waals surface area contributed by atoms with E-state index in [1.807, 2.05) is 0 Å². The SMILES string of the molecule is C[C@H](O/N=C(\C(=O)N[C@@H]1C(=O)N2C(C(=O)O)=C(C[n+]3cccc4c3CCCN4C(=O)c3ccc(O)c(O)c3Cl)CS[C@H]12)c1nc(N)sc1Cl)C(=O)O. The largest absolute Gasteiger partial charge is 0.504 e. The molecular formula is C31H28Cl2N7O10S2+. The Labute approximate surface area is 311 Å². The van der Waals surface area contributed by atoms with Crippen LogP contribution in [0.5, 0.6) is 11.5 Å². The molecule has 7 N–H and O–H groups in total. The van der Waals surface area contributed by atoms with Gasteiger partial charge in [0.1, 0.15) is 32.8 Å². The predicted molar refractivity (Wildman–Crippen MR) is 187 cm³/mol. The minimum Gasteiger partial charge on any atom is -0.504 e. The van der Waals surface area contributed by atoms with Crippen LogP contribution in [-0.2, 0) is 37.0 Å². The molecule has 0 spiro atoms. The minimum absolute atomic E-state index is 0.0108. The van der Waals surface area contributed by atoms with Crippen LogP contribution in [0.4, 0.5) is 10.8 Å². The summed E-state index contributed by atoms with van der Waals surface area (Å²) < 4.78 is 1.76. The molecule has 52 heavy (non-hydrogen) atoms. The smallest absolute Gasteiger partial charge is 0.352 e. The van der Waals surface area contributed by atoms with Gasteiger partial charge in [-0.25, -0.2) is 14.6 Å². The Bertz CT molecular complexity index is 2110. The number of hydrogen-bond acceptors (Lipinski definition) is 13. The molecule has 3 aliphatic rings. The lowest BCUT2D eigenvalue weighted by Crippen LogP contribution is -2.71. The van der Waals surface area contributed by atoms with Gasteiger partial charge in [-0.2, -0.15) is 4.57 Å². The van der Waals surface area contributed by atoms with Crippen LogP contribution in [-0.4, -0.2) is 95.5 Å². The highest BCUT2D eigenvalue weighted by Crippen LogP contribution is 2.41. The molecule has 0 bridgehead atoms. The highest BCUT2D eigenvalue weighted by Gasteiger charge is 2.55. The Morgan fingerprint density at radius 3 is 2.63 bits per heavy atom. The summed E-state index contributed by atoms with van der Waals surface area (Å²) in [6, 6.07) is 4.73. The van der Waals surface area contributed by atoms with Gasteiger partial charge in [-0.3, -0.25) is 19.3 Å². The summed E-state index contributed by atoms with van der Waals surface area (Å²) in [6.07, 6.45) is 1.39. The van der Waals surface area contributed by atoms with Crippen LogP contribution in [0.2, 0.25) is 9.36 Å². The quantitative estimate of drug-likeness (QED) is 0.0566. The van der Waals surface area contributed by atoms with Crippen LogP contribution in [0.15, 0.2) is 46.9 Å². The average molecular weight is 794 g/mol. The number of nitrogens with zero attached hydrogens (tertiary/aromatic N) is 5. The van der Waals surface area contributed by atoms with E-state index in [-0.39, 0.29) is 43.7 Å². The monoisotopic (exact) mass is 792 g/mol. The number of carboxylic acids is 2. The van der Waals surface area contributed by atoms with E-state index >= 15 is 0 Å². The number of nitrogen functional groups attached to an aromatic ring is 1. The first-order valence-electron chi connectivity index (χ1n) is 15.3. The van der Waals surface area contributed by atoms with Crippen molar-refractivity contribution < 1.29 is 53.8 Å². The van der Waals surface area contributed by atoms with Gasteiger partial charge in [0.05, 0.1) is 10.6 Å². The normalized spacial score (nSPS) is 19.0. The lowest BCUT2D eigenvalue weighted by molar-refractivity contribution is -0.695. The van der Waals surface area contributed by atoms with Crippen molar-refractivity contribution in [2.75, 3.05) is 22.9 Å². The third-order valence-electron chi connectivity index (χ3n) is 8.41. The number of oxime groups is 1. The summed E-state index contributed by atoms with van der Waals surface area (Å²) in [7, 11) is 0. The number of pyridine rings is 1. The van der Waals surface area contributed by atoms with Gasteiger partial charge < -0.3 is 41.2 Å². The number of thioether (sulfide) groups is 1. The molecule has 3 aromatic rings. The molecule has 21 heteroatoms.